The maximum atomic E-state index is 4.87. The second-order valence-corrected chi connectivity index (χ2v) is 10.6. The van der Waals surface area contributed by atoms with Crippen molar-refractivity contribution in [3.63, 3.8) is 0 Å². The molecule has 0 fully saturated rings. The van der Waals surface area contributed by atoms with Crippen molar-refractivity contribution < 1.29 is 0 Å². The number of fused-ring (bicyclic) bond motifs is 3. The van der Waals surface area contributed by atoms with Crippen LogP contribution in [0.2, 0.25) is 0 Å². The van der Waals surface area contributed by atoms with Crippen LogP contribution in [0.4, 0.5) is 0 Å². The summed E-state index contributed by atoms with van der Waals surface area (Å²) in [5.41, 5.74) is 11.2. The van der Waals surface area contributed by atoms with E-state index < -0.39 is 0 Å². The summed E-state index contributed by atoms with van der Waals surface area (Å²) < 4.78 is 1.28. The van der Waals surface area contributed by atoms with Gasteiger partial charge in [0.25, 0.3) is 0 Å². The number of aromatic nitrogens is 1. The van der Waals surface area contributed by atoms with Crippen LogP contribution in [-0.4, -0.2) is 4.98 Å². The standard InChI is InChI=1S/C36H25NS/c1-24-22-23-37-36-29(24)34-32(27-18-10-4-11-19-27)30(25-14-6-2-7-15-25)31(26-16-8-3-9-17-26)33(35(34)38-36)28-20-12-5-13-21-28/h2-23H,1H3. The first-order valence-corrected chi connectivity index (χ1v) is 13.7. The quantitative estimate of drug-likeness (QED) is 0.233. The van der Waals surface area contributed by atoms with Crippen LogP contribution in [0.25, 0.3) is 64.8 Å². The van der Waals surface area contributed by atoms with E-state index in [1.165, 1.54) is 65.5 Å². The van der Waals surface area contributed by atoms with E-state index >= 15 is 0 Å². The molecule has 0 spiro atoms. The predicted octanol–water partition coefficient (Wildman–Crippen LogP) is 10.4. The number of hydrogen-bond acceptors (Lipinski definition) is 2. The molecule has 0 unspecified atom stereocenters. The Morgan fingerprint density at radius 3 is 1.37 bits per heavy atom. The van der Waals surface area contributed by atoms with Crippen molar-refractivity contribution in [3.8, 4) is 44.5 Å². The van der Waals surface area contributed by atoms with Gasteiger partial charge in [0.15, 0.2) is 0 Å². The van der Waals surface area contributed by atoms with E-state index in [9.17, 15) is 0 Å². The molecule has 7 aromatic rings. The smallest absolute Gasteiger partial charge is 0.124 e. The number of hydrogen-bond donors (Lipinski definition) is 0. The maximum absolute atomic E-state index is 4.87. The van der Waals surface area contributed by atoms with Crippen LogP contribution in [0.15, 0.2) is 134 Å². The van der Waals surface area contributed by atoms with Crippen molar-refractivity contribution in [3.05, 3.63) is 139 Å². The molecule has 2 heteroatoms. The summed E-state index contributed by atoms with van der Waals surface area (Å²) in [6, 6.07) is 45.6. The molecule has 0 aliphatic rings. The van der Waals surface area contributed by atoms with E-state index in [-0.39, 0.29) is 0 Å². The van der Waals surface area contributed by atoms with Gasteiger partial charge in [-0.05, 0) is 57.5 Å². The van der Waals surface area contributed by atoms with Gasteiger partial charge in [-0.1, -0.05) is 121 Å². The van der Waals surface area contributed by atoms with E-state index in [1.54, 1.807) is 0 Å². The lowest BCUT2D eigenvalue weighted by molar-refractivity contribution is 1.40. The molecule has 1 nitrogen and oxygen atoms in total. The molecule has 0 aliphatic carbocycles. The molecule has 38 heavy (non-hydrogen) atoms. The van der Waals surface area contributed by atoms with Crippen LogP contribution in [0.1, 0.15) is 5.56 Å². The Morgan fingerprint density at radius 2 is 0.868 bits per heavy atom. The van der Waals surface area contributed by atoms with Gasteiger partial charge in [-0.2, -0.15) is 0 Å². The fraction of sp³-hybridized carbons (Fsp3) is 0.0278. The molecule has 0 bridgehead atoms. The molecule has 0 aliphatic heterocycles. The molecule has 2 heterocycles. The summed E-state index contributed by atoms with van der Waals surface area (Å²) in [6.45, 7) is 2.21. The normalized spacial score (nSPS) is 11.3. The number of aryl methyl sites for hydroxylation is 1. The van der Waals surface area contributed by atoms with Gasteiger partial charge >= 0.3 is 0 Å². The summed E-state index contributed by atoms with van der Waals surface area (Å²) in [5, 5.41) is 2.54. The molecule has 5 aromatic carbocycles. The number of rotatable bonds is 4. The molecule has 0 saturated heterocycles. The van der Waals surface area contributed by atoms with Crippen molar-refractivity contribution in [1.29, 1.82) is 0 Å². The van der Waals surface area contributed by atoms with Crippen LogP contribution in [0.3, 0.4) is 0 Å². The van der Waals surface area contributed by atoms with Gasteiger partial charge < -0.3 is 0 Å². The fourth-order valence-electron chi connectivity index (χ4n) is 5.64. The van der Waals surface area contributed by atoms with E-state index in [4.69, 9.17) is 4.98 Å². The Morgan fingerprint density at radius 1 is 0.447 bits per heavy atom. The molecular weight excluding hydrogens is 478 g/mol. The van der Waals surface area contributed by atoms with Gasteiger partial charge in [-0.3, -0.25) is 0 Å². The zero-order valence-electron chi connectivity index (χ0n) is 21.1. The minimum absolute atomic E-state index is 1.08. The molecule has 7 rings (SSSR count). The Labute approximate surface area is 226 Å². The van der Waals surface area contributed by atoms with Crippen molar-refractivity contribution in [2.75, 3.05) is 0 Å². The number of thiophene rings is 1. The fourth-order valence-corrected chi connectivity index (χ4v) is 6.94. The lowest BCUT2D eigenvalue weighted by Crippen LogP contribution is -1.96. The van der Waals surface area contributed by atoms with Crippen LogP contribution in [-0.2, 0) is 0 Å². The second-order valence-electron chi connectivity index (χ2n) is 9.58. The van der Waals surface area contributed by atoms with Crippen molar-refractivity contribution in [2.24, 2.45) is 0 Å². The van der Waals surface area contributed by atoms with E-state index in [0.29, 0.717) is 0 Å². The molecule has 0 saturated carbocycles. The highest BCUT2D eigenvalue weighted by atomic mass is 32.1. The van der Waals surface area contributed by atoms with E-state index in [0.717, 1.165) is 4.83 Å². The lowest BCUT2D eigenvalue weighted by Gasteiger charge is -2.23. The third kappa shape index (κ3) is 3.65. The highest BCUT2D eigenvalue weighted by molar-refractivity contribution is 7.26. The zero-order valence-corrected chi connectivity index (χ0v) is 21.9. The Balaban J connectivity index is 1.83. The number of nitrogens with zero attached hydrogens (tertiary/aromatic N) is 1. The minimum atomic E-state index is 1.08. The summed E-state index contributed by atoms with van der Waals surface area (Å²) >= 11 is 1.81. The van der Waals surface area contributed by atoms with Crippen LogP contribution < -0.4 is 0 Å². The first-order chi connectivity index (χ1) is 18.8. The highest BCUT2D eigenvalue weighted by Crippen LogP contribution is 2.54. The maximum Gasteiger partial charge on any atom is 0.124 e. The van der Waals surface area contributed by atoms with Crippen LogP contribution >= 0.6 is 11.3 Å². The Bertz CT molecular complexity index is 1890. The minimum Gasteiger partial charge on any atom is -0.245 e. The van der Waals surface area contributed by atoms with Crippen molar-refractivity contribution in [1.82, 2.24) is 4.98 Å². The topological polar surface area (TPSA) is 12.9 Å². The Kier molecular flexibility index (Phi) is 5.61. The third-order valence-electron chi connectivity index (χ3n) is 7.28. The SMILES string of the molecule is Cc1ccnc2sc3c(-c4ccccc4)c(-c4ccccc4)c(-c4ccccc4)c(-c4ccccc4)c3c12. The Hall–Kier alpha value is -4.53. The van der Waals surface area contributed by atoms with Crippen molar-refractivity contribution in [2.45, 2.75) is 6.92 Å². The number of benzene rings is 5. The molecule has 0 N–H and O–H groups in total. The molecule has 180 valence electrons. The van der Waals surface area contributed by atoms with Gasteiger partial charge in [0.05, 0.1) is 0 Å². The summed E-state index contributed by atoms with van der Waals surface area (Å²) in [5.74, 6) is 0. The summed E-state index contributed by atoms with van der Waals surface area (Å²) in [6.07, 6.45) is 1.94. The first kappa shape index (κ1) is 22.7. The summed E-state index contributed by atoms with van der Waals surface area (Å²) in [4.78, 5) is 5.95. The molecule has 2 aromatic heterocycles. The van der Waals surface area contributed by atoms with Gasteiger partial charge in [-0.15, -0.1) is 11.3 Å². The average Bonchev–Trinajstić information content (AvgIpc) is 3.38. The summed E-state index contributed by atoms with van der Waals surface area (Å²) in [7, 11) is 0. The van der Waals surface area contributed by atoms with Crippen LogP contribution in [0.5, 0.6) is 0 Å². The average molecular weight is 504 g/mol. The van der Waals surface area contributed by atoms with Gasteiger partial charge in [0.2, 0.25) is 0 Å². The van der Waals surface area contributed by atoms with Crippen LogP contribution in [0, 0.1) is 6.92 Å². The molecular formula is C36H25NS. The van der Waals surface area contributed by atoms with Gasteiger partial charge in [0, 0.05) is 27.2 Å². The highest BCUT2D eigenvalue weighted by Gasteiger charge is 2.27. The van der Waals surface area contributed by atoms with E-state index in [2.05, 4.69) is 134 Å². The predicted molar refractivity (Wildman–Crippen MR) is 164 cm³/mol. The third-order valence-corrected chi connectivity index (χ3v) is 8.39. The second kappa shape index (κ2) is 9.41. The number of pyridine rings is 1. The first-order valence-electron chi connectivity index (χ1n) is 12.9. The molecule has 0 amide bonds. The van der Waals surface area contributed by atoms with Gasteiger partial charge in [-0.25, -0.2) is 4.98 Å². The monoisotopic (exact) mass is 503 g/mol. The zero-order chi connectivity index (χ0) is 25.5. The van der Waals surface area contributed by atoms with Gasteiger partial charge in [0.1, 0.15) is 4.83 Å². The molecule has 0 atom stereocenters. The van der Waals surface area contributed by atoms with Crippen molar-refractivity contribution >= 4 is 31.6 Å². The largest absolute Gasteiger partial charge is 0.245 e. The molecule has 0 radical (unpaired) electrons. The van der Waals surface area contributed by atoms with E-state index in [1.807, 2.05) is 17.5 Å². The lowest BCUT2D eigenvalue weighted by atomic mass is 9.80.